The van der Waals surface area contributed by atoms with Crippen LogP contribution in [0.3, 0.4) is 0 Å². The van der Waals surface area contributed by atoms with Gasteiger partial charge in [-0.3, -0.25) is 5.10 Å². The van der Waals surface area contributed by atoms with E-state index in [9.17, 15) is 17.6 Å². The molecule has 1 aliphatic rings. The largest absolute Gasteiger partial charge is 0.435 e. The van der Waals surface area contributed by atoms with Crippen molar-refractivity contribution in [2.24, 2.45) is 7.05 Å². The Hall–Kier alpha value is -2.58. The number of H-pyrrole nitrogens is 1. The lowest BCUT2D eigenvalue weighted by Gasteiger charge is -2.28. The molecule has 5 nitrogen and oxygen atoms in total. The lowest BCUT2D eigenvalue weighted by atomic mass is 10.1. The summed E-state index contributed by atoms with van der Waals surface area (Å²) in [5.74, 6) is 0.128. The number of nitrogens with zero attached hydrogens (tertiary/aromatic N) is 4. The first-order chi connectivity index (χ1) is 11.3. The number of imidazole rings is 1. The molecule has 1 aliphatic heterocycles. The van der Waals surface area contributed by atoms with Crippen LogP contribution >= 0.6 is 0 Å². The van der Waals surface area contributed by atoms with E-state index in [4.69, 9.17) is 0 Å². The number of anilines is 1. The van der Waals surface area contributed by atoms with Crippen molar-refractivity contribution in [3.05, 3.63) is 41.0 Å². The number of alkyl halides is 3. The van der Waals surface area contributed by atoms with Crippen LogP contribution in [0.25, 0.3) is 11.0 Å². The third-order valence-electron chi connectivity index (χ3n) is 4.30. The number of rotatable bonds is 1. The second-order valence-corrected chi connectivity index (χ2v) is 5.80. The van der Waals surface area contributed by atoms with Gasteiger partial charge in [-0.05, 0) is 18.2 Å². The summed E-state index contributed by atoms with van der Waals surface area (Å²) in [7, 11) is 1.72. The second kappa shape index (κ2) is 4.96. The fraction of sp³-hybridized carbons (Fsp3) is 0.333. The van der Waals surface area contributed by atoms with Crippen LogP contribution < -0.4 is 4.90 Å². The standard InChI is InChI=1S/C15H13F4N5/c1-23-12-6-8(16)2-3-11(12)20-14(23)24-5-4-10-9(7-24)13(22-21-10)15(17,18)19/h2-3,6H,4-5,7H2,1H3,(H,21,22). The summed E-state index contributed by atoms with van der Waals surface area (Å²) < 4.78 is 54.3. The summed E-state index contributed by atoms with van der Waals surface area (Å²) in [6.45, 7) is 0.562. The number of hydrogen-bond acceptors (Lipinski definition) is 3. The van der Waals surface area contributed by atoms with Gasteiger partial charge in [0.2, 0.25) is 5.95 Å². The Morgan fingerprint density at radius 2 is 2.04 bits per heavy atom. The van der Waals surface area contributed by atoms with Gasteiger partial charge in [0.05, 0.1) is 11.0 Å². The highest BCUT2D eigenvalue weighted by molar-refractivity contribution is 5.78. The molecular weight excluding hydrogens is 326 g/mol. The fourth-order valence-corrected chi connectivity index (χ4v) is 3.13. The minimum atomic E-state index is -4.50. The van der Waals surface area contributed by atoms with Crippen molar-refractivity contribution in [3.63, 3.8) is 0 Å². The predicted molar refractivity (Wildman–Crippen MR) is 79.0 cm³/mol. The van der Waals surface area contributed by atoms with Crippen LogP contribution in [-0.2, 0) is 26.2 Å². The molecule has 4 rings (SSSR count). The number of benzene rings is 1. The third kappa shape index (κ3) is 2.22. The molecule has 0 amide bonds. The number of aryl methyl sites for hydroxylation is 1. The number of fused-ring (bicyclic) bond motifs is 2. The minimum absolute atomic E-state index is 0.0559. The van der Waals surface area contributed by atoms with Gasteiger partial charge in [0.25, 0.3) is 0 Å². The van der Waals surface area contributed by atoms with E-state index >= 15 is 0 Å². The molecule has 0 radical (unpaired) electrons. The van der Waals surface area contributed by atoms with E-state index in [2.05, 4.69) is 15.2 Å². The molecule has 2 aromatic heterocycles. The van der Waals surface area contributed by atoms with Crippen molar-refractivity contribution in [1.82, 2.24) is 19.7 Å². The molecule has 0 aliphatic carbocycles. The zero-order valence-corrected chi connectivity index (χ0v) is 12.7. The Balaban J connectivity index is 1.75. The number of hydrogen-bond donors (Lipinski definition) is 1. The highest BCUT2D eigenvalue weighted by Gasteiger charge is 2.39. The van der Waals surface area contributed by atoms with E-state index in [1.807, 2.05) is 0 Å². The molecule has 0 atom stereocenters. The summed E-state index contributed by atoms with van der Waals surface area (Å²) >= 11 is 0. The van der Waals surface area contributed by atoms with E-state index in [0.29, 0.717) is 35.6 Å². The third-order valence-corrected chi connectivity index (χ3v) is 4.30. The normalized spacial score (nSPS) is 15.1. The van der Waals surface area contributed by atoms with Crippen LogP contribution in [-0.4, -0.2) is 26.3 Å². The van der Waals surface area contributed by atoms with Gasteiger partial charge in [0, 0.05) is 37.8 Å². The summed E-state index contributed by atoms with van der Waals surface area (Å²) in [6.07, 6.45) is -4.08. The average molecular weight is 339 g/mol. The molecule has 0 saturated carbocycles. The zero-order valence-electron chi connectivity index (χ0n) is 12.7. The van der Waals surface area contributed by atoms with Gasteiger partial charge in [0.15, 0.2) is 5.69 Å². The van der Waals surface area contributed by atoms with Crippen molar-refractivity contribution in [2.75, 3.05) is 11.4 Å². The summed E-state index contributed by atoms with van der Waals surface area (Å²) in [4.78, 5) is 6.19. The molecule has 126 valence electrons. The van der Waals surface area contributed by atoms with Crippen molar-refractivity contribution in [2.45, 2.75) is 19.1 Å². The lowest BCUT2D eigenvalue weighted by Crippen LogP contribution is -2.33. The van der Waals surface area contributed by atoms with Crippen molar-refractivity contribution in [3.8, 4) is 0 Å². The van der Waals surface area contributed by atoms with Crippen molar-refractivity contribution < 1.29 is 17.6 Å². The molecule has 0 saturated heterocycles. The van der Waals surface area contributed by atoms with Gasteiger partial charge in [-0.1, -0.05) is 0 Å². The van der Waals surface area contributed by atoms with Crippen LogP contribution in [0.4, 0.5) is 23.5 Å². The molecule has 24 heavy (non-hydrogen) atoms. The number of aromatic nitrogens is 4. The summed E-state index contributed by atoms with van der Waals surface area (Å²) in [5.41, 5.74) is 0.962. The Kier molecular flexibility index (Phi) is 3.09. The van der Waals surface area contributed by atoms with Gasteiger partial charge in [-0.25, -0.2) is 9.37 Å². The first-order valence-electron chi connectivity index (χ1n) is 7.35. The van der Waals surface area contributed by atoms with E-state index in [0.717, 1.165) is 0 Å². The maximum atomic E-state index is 13.4. The molecular formula is C15H13F4N5. The Morgan fingerprint density at radius 3 is 2.79 bits per heavy atom. The Bertz CT molecular complexity index is 924. The maximum Gasteiger partial charge on any atom is 0.435 e. The van der Waals surface area contributed by atoms with E-state index in [1.54, 1.807) is 22.6 Å². The van der Waals surface area contributed by atoms with Crippen LogP contribution in [0.5, 0.6) is 0 Å². The van der Waals surface area contributed by atoms with E-state index in [1.165, 1.54) is 12.1 Å². The molecule has 9 heteroatoms. The molecule has 0 unspecified atom stereocenters. The molecule has 0 fully saturated rings. The molecule has 0 spiro atoms. The second-order valence-electron chi connectivity index (χ2n) is 5.80. The van der Waals surface area contributed by atoms with Crippen LogP contribution in [0.1, 0.15) is 17.0 Å². The minimum Gasteiger partial charge on any atom is -0.337 e. The zero-order chi connectivity index (χ0) is 17.1. The summed E-state index contributed by atoms with van der Waals surface area (Å²) in [6, 6.07) is 4.23. The Labute approximate surface area is 133 Å². The topological polar surface area (TPSA) is 49.7 Å². The molecule has 0 bridgehead atoms. The highest BCUT2D eigenvalue weighted by atomic mass is 19.4. The first-order valence-corrected chi connectivity index (χ1v) is 7.35. The monoisotopic (exact) mass is 339 g/mol. The van der Waals surface area contributed by atoms with Gasteiger partial charge in [-0.15, -0.1) is 0 Å². The van der Waals surface area contributed by atoms with E-state index < -0.39 is 11.9 Å². The quantitative estimate of drug-likeness (QED) is 0.694. The highest BCUT2D eigenvalue weighted by Crippen LogP contribution is 2.35. The average Bonchev–Trinajstić information content (AvgIpc) is 3.08. The number of halogens is 4. The van der Waals surface area contributed by atoms with Gasteiger partial charge >= 0.3 is 6.18 Å². The smallest absolute Gasteiger partial charge is 0.337 e. The van der Waals surface area contributed by atoms with Gasteiger partial charge < -0.3 is 9.47 Å². The van der Waals surface area contributed by atoms with E-state index in [-0.39, 0.29) is 17.9 Å². The molecule has 3 heterocycles. The predicted octanol–water partition coefficient (Wildman–Crippen LogP) is 3.02. The van der Waals surface area contributed by atoms with Crippen molar-refractivity contribution >= 4 is 17.0 Å². The lowest BCUT2D eigenvalue weighted by molar-refractivity contribution is -0.141. The number of aromatic amines is 1. The molecule has 1 aromatic carbocycles. The maximum absolute atomic E-state index is 13.4. The van der Waals surface area contributed by atoms with Gasteiger partial charge in [0.1, 0.15) is 5.82 Å². The Morgan fingerprint density at radius 1 is 1.25 bits per heavy atom. The van der Waals surface area contributed by atoms with Crippen molar-refractivity contribution in [1.29, 1.82) is 0 Å². The molecule has 3 aromatic rings. The fourth-order valence-electron chi connectivity index (χ4n) is 3.13. The SMILES string of the molecule is Cn1c(N2CCc3[nH]nc(C(F)(F)F)c3C2)nc2ccc(F)cc21. The van der Waals surface area contributed by atoms with Crippen LogP contribution in [0.15, 0.2) is 18.2 Å². The summed E-state index contributed by atoms with van der Waals surface area (Å²) in [5, 5.41) is 5.90. The van der Waals surface area contributed by atoms with Crippen LogP contribution in [0, 0.1) is 5.82 Å². The molecule has 1 N–H and O–H groups in total. The number of nitrogens with one attached hydrogen (secondary N) is 1. The van der Waals surface area contributed by atoms with Crippen LogP contribution in [0.2, 0.25) is 0 Å². The first kappa shape index (κ1) is 15.0. The van der Waals surface area contributed by atoms with Gasteiger partial charge in [-0.2, -0.15) is 18.3 Å².